The number of halogens is 1. The third kappa shape index (κ3) is 6.68. The monoisotopic (exact) mass is 417 g/mol. The fourth-order valence-corrected chi connectivity index (χ4v) is 2.28. The van der Waals surface area contributed by atoms with Crippen molar-refractivity contribution in [2.24, 2.45) is 5.10 Å². The number of para-hydroxylation sites is 1. The van der Waals surface area contributed by atoms with E-state index in [0.717, 1.165) is 4.47 Å². The molecule has 0 bridgehead atoms. The van der Waals surface area contributed by atoms with Gasteiger partial charge < -0.3 is 10.1 Å². The molecule has 7 heteroatoms. The van der Waals surface area contributed by atoms with Crippen molar-refractivity contribution < 1.29 is 14.3 Å². The van der Waals surface area contributed by atoms with Gasteiger partial charge in [0.15, 0.2) is 6.10 Å². The molecule has 136 valence electrons. The molecule has 2 aromatic carbocycles. The van der Waals surface area contributed by atoms with Gasteiger partial charge >= 0.3 is 0 Å². The van der Waals surface area contributed by atoms with Crippen molar-refractivity contribution in [3.63, 3.8) is 0 Å². The molecule has 0 aliphatic rings. The molecule has 0 aliphatic heterocycles. The topological polar surface area (TPSA) is 79.8 Å². The second-order valence-corrected chi connectivity index (χ2v) is 6.54. The fourth-order valence-electron chi connectivity index (χ4n) is 2.01. The fraction of sp³-hybridized carbons (Fsp3) is 0.211. The van der Waals surface area contributed by atoms with Gasteiger partial charge in [-0.1, -0.05) is 34.1 Å². The number of amides is 2. The van der Waals surface area contributed by atoms with Crippen LogP contribution in [-0.4, -0.2) is 23.6 Å². The van der Waals surface area contributed by atoms with E-state index < -0.39 is 12.0 Å². The zero-order valence-electron chi connectivity index (χ0n) is 14.5. The lowest BCUT2D eigenvalue weighted by atomic mass is 10.2. The number of rotatable bonds is 7. The van der Waals surface area contributed by atoms with Crippen molar-refractivity contribution in [1.29, 1.82) is 0 Å². The first kappa shape index (κ1) is 19.7. The molecule has 2 rings (SSSR count). The zero-order valence-corrected chi connectivity index (χ0v) is 16.1. The van der Waals surface area contributed by atoms with Gasteiger partial charge in [-0.3, -0.25) is 9.59 Å². The smallest absolute Gasteiger partial charge is 0.280 e. The minimum absolute atomic E-state index is 0.0805. The molecule has 0 saturated heterocycles. The third-order valence-corrected chi connectivity index (χ3v) is 3.86. The molecule has 0 aromatic heterocycles. The van der Waals surface area contributed by atoms with Crippen LogP contribution >= 0.6 is 15.9 Å². The largest absolute Gasteiger partial charge is 0.481 e. The summed E-state index contributed by atoms with van der Waals surface area (Å²) in [5.41, 5.74) is 3.62. The Balaban J connectivity index is 1.80. The van der Waals surface area contributed by atoms with Crippen molar-refractivity contribution in [2.45, 2.75) is 26.4 Å². The van der Waals surface area contributed by atoms with Crippen molar-refractivity contribution in [2.75, 3.05) is 5.32 Å². The van der Waals surface area contributed by atoms with Crippen LogP contribution in [0.2, 0.25) is 0 Å². The van der Waals surface area contributed by atoms with E-state index in [2.05, 4.69) is 31.8 Å². The second-order valence-electron chi connectivity index (χ2n) is 5.63. The molecule has 0 heterocycles. The van der Waals surface area contributed by atoms with Crippen molar-refractivity contribution in [3.8, 4) is 5.75 Å². The second kappa shape index (κ2) is 9.72. The maximum absolute atomic E-state index is 12.0. The van der Waals surface area contributed by atoms with Crippen LogP contribution in [0.4, 0.5) is 5.69 Å². The van der Waals surface area contributed by atoms with Crippen molar-refractivity contribution in [3.05, 3.63) is 59.1 Å². The lowest BCUT2D eigenvalue weighted by Gasteiger charge is -2.13. The molecule has 1 atom stereocenters. The summed E-state index contributed by atoms with van der Waals surface area (Å²) in [5.74, 6) is -0.0135. The van der Waals surface area contributed by atoms with E-state index in [1.54, 1.807) is 38.1 Å². The van der Waals surface area contributed by atoms with E-state index >= 15 is 0 Å². The Hall–Kier alpha value is -2.67. The van der Waals surface area contributed by atoms with Gasteiger partial charge in [-0.15, -0.1) is 0 Å². The molecule has 0 unspecified atom stereocenters. The molecule has 0 fully saturated rings. The van der Waals surface area contributed by atoms with Gasteiger partial charge in [-0.25, -0.2) is 5.43 Å². The minimum atomic E-state index is -0.717. The summed E-state index contributed by atoms with van der Waals surface area (Å²) < 4.78 is 6.47. The zero-order chi connectivity index (χ0) is 18.9. The summed E-state index contributed by atoms with van der Waals surface area (Å²) >= 11 is 3.34. The highest BCUT2D eigenvalue weighted by atomic mass is 79.9. The Morgan fingerprint density at radius 2 is 1.77 bits per heavy atom. The van der Waals surface area contributed by atoms with Gasteiger partial charge in [0.05, 0.1) is 6.42 Å². The van der Waals surface area contributed by atoms with E-state index in [-0.39, 0.29) is 12.3 Å². The Kier molecular flexibility index (Phi) is 7.35. The Labute approximate surface area is 160 Å². The summed E-state index contributed by atoms with van der Waals surface area (Å²) in [6.07, 6.45) is -0.636. The first-order valence-corrected chi connectivity index (χ1v) is 8.83. The first-order valence-electron chi connectivity index (χ1n) is 8.04. The van der Waals surface area contributed by atoms with Crippen LogP contribution in [0.15, 0.2) is 64.2 Å². The average molecular weight is 418 g/mol. The SMILES string of the molecule is C/C(CC(=O)Nc1ccccc1)=N/NC(=O)[C@H](C)Oc1ccc(Br)cc1. The standard InChI is InChI=1S/C19H20BrN3O3/c1-13(12-18(24)21-16-6-4-3-5-7-16)22-23-19(25)14(2)26-17-10-8-15(20)9-11-17/h3-11,14H,12H2,1-2H3,(H,21,24)(H,23,25)/b22-13-/t14-/m0/s1. The van der Waals surface area contributed by atoms with Gasteiger partial charge in [-0.2, -0.15) is 5.10 Å². The number of hydrogen-bond acceptors (Lipinski definition) is 4. The number of anilines is 1. The molecule has 26 heavy (non-hydrogen) atoms. The molecule has 0 saturated carbocycles. The molecule has 2 amide bonds. The number of nitrogens with one attached hydrogen (secondary N) is 2. The van der Waals surface area contributed by atoms with Gasteiger partial charge in [0.1, 0.15) is 5.75 Å². The van der Waals surface area contributed by atoms with E-state index in [9.17, 15) is 9.59 Å². The summed E-state index contributed by atoms with van der Waals surface area (Å²) in [6, 6.07) is 16.3. The molecule has 0 aliphatic carbocycles. The van der Waals surface area contributed by atoms with Crippen LogP contribution in [-0.2, 0) is 9.59 Å². The summed E-state index contributed by atoms with van der Waals surface area (Å²) in [7, 11) is 0. The van der Waals surface area contributed by atoms with Crippen LogP contribution in [0.25, 0.3) is 0 Å². The van der Waals surface area contributed by atoms with Crippen molar-refractivity contribution >= 4 is 39.1 Å². The minimum Gasteiger partial charge on any atom is -0.481 e. The molecular weight excluding hydrogens is 398 g/mol. The number of hydrazone groups is 1. The highest BCUT2D eigenvalue weighted by molar-refractivity contribution is 9.10. The van der Waals surface area contributed by atoms with Crippen LogP contribution < -0.4 is 15.5 Å². The lowest BCUT2D eigenvalue weighted by molar-refractivity contribution is -0.127. The van der Waals surface area contributed by atoms with Gasteiger partial charge in [0, 0.05) is 15.9 Å². The van der Waals surface area contributed by atoms with E-state index in [0.29, 0.717) is 17.1 Å². The van der Waals surface area contributed by atoms with E-state index in [4.69, 9.17) is 4.74 Å². The van der Waals surface area contributed by atoms with E-state index in [1.165, 1.54) is 0 Å². The Morgan fingerprint density at radius 1 is 1.12 bits per heavy atom. The van der Waals surface area contributed by atoms with E-state index in [1.807, 2.05) is 30.3 Å². The molecule has 2 N–H and O–H groups in total. The summed E-state index contributed by atoms with van der Waals surface area (Å²) in [5, 5.41) is 6.71. The molecular formula is C19H20BrN3O3. The van der Waals surface area contributed by atoms with Crippen LogP contribution in [0.5, 0.6) is 5.75 Å². The first-order chi connectivity index (χ1) is 12.4. The molecule has 0 spiro atoms. The van der Waals surface area contributed by atoms with Gasteiger partial charge in [-0.05, 0) is 50.2 Å². The highest BCUT2D eigenvalue weighted by Crippen LogP contribution is 2.17. The third-order valence-electron chi connectivity index (χ3n) is 3.33. The summed E-state index contributed by atoms with van der Waals surface area (Å²) in [6.45, 7) is 3.30. The maximum Gasteiger partial charge on any atom is 0.280 e. The van der Waals surface area contributed by atoms with Gasteiger partial charge in [0.2, 0.25) is 5.91 Å². The maximum atomic E-state index is 12.0. The van der Waals surface area contributed by atoms with Gasteiger partial charge in [0.25, 0.3) is 5.91 Å². The lowest BCUT2D eigenvalue weighted by Crippen LogP contribution is -2.34. The molecule has 2 aromatic rings. The van der Waals surface area contributed by atoms with Crippen LogP contribution in [0.3, 0.4) is 0 Å². The quantitative estimate of drug-likeness (QED) is 0.531. The normalized spacial score (nSPS) is 12.2. The number of carbonyl (C=O) groups is 2. The molecule has 0 radical (unpaired) electrons. The predicted molar refractivity (Wildman–Crippen MR) is 105 cm³/mol. The predicted octanol–water partition coefficient (Wildman–Crippen LogP) is 3.74. The Bertz CT molecular complexity index is 776. The summed E-state index contributed by atoms with van der Waals surface area (Å²) in [4.78, 5) is 24.0. The van der Waals surface area contributed by atoms with Crippen LogP contribution in [0.1, 0.15) is 20.3 Å². The highest BCUT2D eigenvalue weighted by Gasteiger charge is 2.14. The molecule has 6 nitrogen and oxygen atoms in total. The number of ether oxygens (including phenoxy) is 1. The number of carbonyl (C=O) groups excluding carboxylic acids is 2. The number of nitrogens with zero attached hydrogens (tertiary/aromatic N) is 1. The Morgan fingerprint density at radius 3 is 2.42 bits per heavy atom. The van der Waals surface area contributed by atoms with Crippen molar-refractivity contribution in [1.82, 2.24) is 5.43 Å². The average Bonchev–Trinajstić information content (AvgIpc) is 2.62. The van der Waals surface area contributed by atoms with Crippen LogP contribution in [0, 0.1) is 0 Å². The number of hydrogen-bond donors (Lipinski definition) is 2. The number of benzene rings is 2.